The molecule has 0 spiro atoms. The van der Waals surface area contributed by atoms with Crippen LogP contribution in [0.3, 0.4) is 0 Å². The molecule has 0 bridgehead atoms. The lowest BCUT2D eigenvalue weighted by atomic mass is 10.00. The molecule has 11 amide bonds. The number of nitrogens with one attached hydrogen (secondary N) is 12. The third-order valence-electron chi connectivity index (χ3n) is 15.3. The number of carbonyl (C=O) groups excluding carboxylic acids is 12. The van der Waals surface area contributed by atoms with Gasteiger partial charge in [0.25, 0.3) is 0 Å². The highest BCUT2D eigenvalue weighted by atomic mass is 16.5. The Morgan fingerprint density at radius 2 is 1.09 bits per heavy atom. The summed E-state index contributed by atoms with van der Waals surface area (Å²) >= 11 is 0. The van der Waals surface area contributed by atoms with Gasteiger partial charge in [-0.1, -0.05) is 70.9 Å². The van der Waals surface area contributed by atoms with E-state index in [1.165, 1.54) is 13.8 Å². The van der Waals surface area contributed by atoms with Crippen molar-refractivity contribution >= 4 is 70.9 Å². The molecule has 2 aliphatic rings. The molecule has 0 aliphatic carbocycles. The first-order chi connectivity index (χ1) is 43.3. The van der Waals surface area contributed by atoms with Crippen LogP contribution in [0.25, 0.3) is 0 Å². The largest absolute Gasteiger partial charge is 0.459 e. The zero-order valence-electron chi connectivity index (χ0n) is 53.5. The van der Waals surface area contributed by atoms with Crippen LogP contribution in [0.2, 0.25) is 0 Å². The number of unbranched alkanes of at least 4 members (excludes halogenated alkanes) is 1. The summed E-state index contributed by atoms with van der Waals surface area (Å²) in [5.41, 5.74) is 30.2. The molecular weight excluding hydrogens is 1180 g/mol. The van der Waals surface area contributed by atoms with E-state index in [0.717, 1.165) is 12.8 Å². The first kappa shape index (κ1) is 77.8. The van der Waals surface area contributed by atoms with E-state index < -0.39 is 163 Å². The molecular formula is C60H103N17O14. The lowest BCUT2D eigenvalue weighted by Crippen LogP contribution is -2.62. The van der Waals surface area contributed by atoms with Gasteiger partial charge in [-0.3, -0.25) is 57.5 Å². The van der Waals surface area contributed by atoms with Gasteiger partial charge in [0, 0.05) is 19.4 Å². The van der Waals surface area contributed by atoms with E-state index in [4.69, 9.17) is 33.4 Å². The third kappa shape index (κ3) is 27.5. The zero-order valence-corrected chi connectivity index (χ0v) is 53.5. The van der Waals surface area contributed by atoms with Crippen LogP contribution in [-0.2, 0) is 68.7 Å². The van der Waals surface area contributed by atoms with Crippen LogP contribution in [0.1, 0.15) is 131 Å². The Morgan fingerprint density at radius 1 is 0.560 bits per heavy atom. The first-order valence-electron chi connectivity index (χ1n) is 31.7. The van der Waals surface area contributed by atoms with E-state index in [2.05, 4.69) is 77.6 Å². The molecule has 2 fully saturated rings. The Balaban J connectivity index is 2.14. The van der Waals surface area contributed by atoms with Gasteiger partial charge in [0.2, 0.25) is 65.0 Å². The molecule has 91 heavy (non-hydrogen) atoms. The molecule has 0 unspecified atom stereocenters. The summed E-state index contributed by atoms with van der Waals surface area (Å²) in [6.45, 7) is 9.50. The molecule has 31 nitrogen and oxygen atoms in total. The number of nitrogens with two attached hydrogens (primary N) is 5. The molecule has 3 rings (SSSR count). The minimum Gasteiger partial charge on any atom is -0.459 e. The fourth-order valence-corrected chi connectivity index (χ4v) is 10.2. The minimum atomic E-state index is -1.71. The van der Waals surface area contributed by atoms with Gasteiger partial charge < -0.3 is 102 Å². The second-order valence-electron chi connectivity index (χ2n) is 24.0. The van der Waals surface area contributed by atoms with E-state index in [1.807, 2.05) is 0 Å². The van der Waals surface area contributed by atoms with Crippen molar-refractivity contribution in [2.45, 2.75) is 210 Å². The van der Waals surface area contributed by atoms with Gasteiger partial charge in [-0.25, -0.2) is 0 Å². The van der Waals surface area contributed by atoms with Crippen LogP contribution in [0, 0.1) is 11.8 Å². The molecule has 23 N–H and O–H groups in total. The number of esters is 1. The maximum absolute atomic E-state index is 14.7. The predicted octanol–water partition coefficient (Wildman–Crippen LogP) is -5.33. The maximum atomic E-state index is 14.7. The highest BCUT2D eigenvalue weighted by Crippen LogP contribution is 2.15. The van der Waals surface area contributed by atoms with Gasteiger partial charge in [-0.2, -0.15) is 0 Å². The van der Waals surface area contributed by atoms with Crippen LogP contribution in [-0.4, -0.2) is 201 Å². The predicted molar refractivity (Wildman–Crippen MR) is 336 cm³/mol. The number of amides is 11. The van der Waals surface area contributed by atoms with Crippen molar-refractivity contribution in [2.24, 2.45) is 40.5 Å². The summed E-state index contributed by atoms with van der Waals surface area (Å²) in [5.74, 6) is -10.3. The summed E-state index contributed by atoms with van der Waals surface area (Å²) in [6.07, 6.45) is -1.04. The first-order valence-corrected chi connectivity index (χ1v) is 31.7. The Hall–Kier alpha value is -7.42. The van der Waals surface area contributed by atoms with Crippen LogP contribution >= 0.6 is 0 Å². The van der Waals surface area contributed by atoms with E-state index in [0.29, 0.717) is 37.3 Å². The van der Waals surface area contributed by atoms with Crippen molar-refractivity contribution in [3.8, 4) is 0 Å². The molecule has 2 saturated heterocycles. The van der Waals surface area contributed by atoms with Crippen LogP contribution in [0.5, 0.6) is 0 Å². The fourth-order valence-electron chi connectivity index (χ4n) is 10.2. The summed E-state index contributed by atoms with van der Waals surface area (Å²) < 4.78 is 5.73. The standard InChI is InChI=1S/C60H103N17O14/c1-33(2)13-10-11-17-47(79)68-38(18-24-61)54(84)77-49(36(6)91-60(90)44-16-12-29-66-44)59(89)73-41(21-27-64)51(81)72-43-23-30-67-58(88)48(35(5)78)76-55(85)42(22-28-65)70-50(80)39(19-25-62)71-56(86)45(31-34(3)4)74-57(87)46(32-37-14-8-7-9-15-37)75-52(82)40(20-26-63)69-53(43)83/h7-9,14-15,33-36,38-46,48-49,66,78H,10-13,16-32,61-65H2,1-6H3,(H,67,88)(H,68,79)(H,69,83)(H,70,80)(H,71,86)(H,72,81)(H,73,89)(H,74,87)(H,75,82)(H,76,85)(H,77,84)/t35-,36-,38+,39+,40+,41+,42+,43+,44+,45+,46-,48+,49+/m1/s1. The molecule has 0 aromatic heterocycles. The molecule has 2 heterocycles. The molecule has 0 radical (unpaired) electrons. The summed E-state index contributed by atoms with van der Waals surface area (Å²) in [4.78, 5) is 169. The molecule has 1 aromatic carbocycles. The Labute approximate surface area is 532 Å². The van der Waals surface area contributed by atoms with Crippen LogP contribution in [0.4, 0.5) is 0 Å². The highest BCUT2D eigenvalue weighted by Gasteiger charge is 2.39. The lowest BCUT2D eigenvalue weighted by molar-refractivity contribution is -0.154. The molecule has 31 heteroatoms. The van der Waals surface area contributed by atoms with Crippen molar-refractivity contribution in [1.82, 2.24) is 63.8 Å². The Kier molecular flexibility index (Phi) is 35.2. The SMILES string of the molecule is CC(C)CCCCC(=O)N[C@@H](CCN)C(=O)N[C@H](C(=O)N[C@@H](CCN)C(=O)N[C@H]1CCNC(=O)[C@H]([C@@H](C)O)NC(=O)[C@H](CCN)NC(=O)[C@H](CCN)NC(=O)[C@H](CC(C)C)NC(=O)[C@@H](Cc2ccccc2)NC(=O)[C@H](CCN)NC1=O)[C@@H](C)OC(=O)[C@@H]1CCCN1. The number of hydrogen-bond acceptors (Lipinski definition) is 20. The number of benzene rings is 1. The average Bonchev–Trinajstić information content (AvgIpc) is 1.65. The number of ether oxygens (including phenoxy) is 1. The van der Waals surface area contributed by atoms with Gasteiger partial charge in [-0.15, -0.1) is 0 Å². The van der Waals surface area contributed by atoms with Crippen molar-refractivity contribution < 1.29 is 67.4 Å². The van der Waals surface area contributed by atoms with E-state index in [9.17, 15) is 62.6 Å². The zero-order chi connectivity index (χ0) is 67.7. The maximum Gasteiger partial charge on any atom is 0.323 e. The van der Waals surface area contributed by atoms with Gasteiger partial charge in [0.1, 0.15) is 72.6 Å². The number of rotatable bonds is 30. The van der Waals surface area contributed by atoms with E-state index >= 15 is 0 Å². The van der Waals surface area contributed by atoms with Gasteiger partial charge in [-0.05, 0) is 135 Å². The highest BCUT2D eigenvalue weighted by molar-refractivity contribution is 5.99. The Morgan fingerprint density at radius 3 is 1.62 bits per heavy atom. The van der Waals surface area contributed by atoms with Gasteiger partial charge in [0.05, 0.1) is 6.10 Å². The minimum absolute atomic E-state index is 0.0375. The smallest absolute Gasteiger partial charge is 0.323 e. The summed E-state index contributed by atoms with van der Waals surface area (Å²) in [7, 11) is 0. The number of aliphatic hydroxyl groups excluding tert-OH is 1. The van der Waals surface area contributed by atoms with Gasteiger partial charge in [0.15, 0.2) is 0 Å². The van der Waals surface area contributed by atoms with Crippen LogP contribution < -0.4 is 92.5 Å². The van der Waals surface area contributed by atoms with Crippen molar-refractivity contribution in [1.29, 1.82) is 0 Å². The quantitative estimate of drug-likeness (QED) is 0.0253. The number of carbonyl (C=O) groups is 12. The van der Waals surface area contributed by atoms with Crippen molar-refractivity contribution in [3.05, 3.63) is 35.9 Å². The van der Waals surface area contributed by atoms with E-state index in [1.54, 1.807) is 44.2 Å². The molecule has 2 aliphatic heterocycles. The van der Waals surface area contributed by atoms with Crippen molar-refractivity contribution in [2.75, 3.05) is 45.8 Å². The third-order valence-corrected chi connectivity index (χ3v) is 15.3. The molecule has 1 aromatic rings. The molecule has 512 valence electrons. The average molecular weight is 1290 g/mol. The van der Waals surface area contributed by atoms with Gasteiger partial charge >= 0.3 is 5.97 Å². The topological polar surface area (TPSA) is 509 Å². The molecule has 0 saturated carbocycles. The summed E-state index contributed by atoms with van der Waals surface area (Å²) in [5, 5.41) is 42.3. The normalized spacial score (nSPS) is 23.5. The van der Waals surface area contributed by atoms with Crippen molar-refractivity contribution in [3.63, 3.8) is 0 Å². The summed E-state index contributed by atoms with van der Waals surface area (Å²) in [6, 6.07) is -7.17. The Bertz CT molecular complexity index is 2540. The van der Waals surface area contributed by atoms with E-state index in [-0.39, 0.29) is 90.0 Å². The second-order valence-corrected chi connectivity index (χ2v) is 24.0. The van der Waals surface area contributed by atoms with Crippen LogP contribution in [0.15, 0.2) is 30.3 Å². The number of hydrogen-bond donors (Lipinski definition) is 18. The second kappa shape index (κ2) is 41.1. The molecule has 13 atom stereocenters. The monoisotopic (exact) mass is 1290 g/mol. The fraction of sp³-hybridized carbons (Fsp3) is 0.700. The number of aliphatic hydroxyl groups is 1. The lowest BCUT2D eigenvalue weighted by Gasteiger charge is -2.30.